The fourth-order valence-electron chi connectivity index (χ4n) is 3.84. The number of nitrogens with zero attached hydrogens (tertiary/aromatic N) is 1. The van der Waals surface area contributed by atoms with Crippen LogP contribution in [-0.4, -0.2) is 37.4 Å². The van der Waals surface area contributed by atoms with Crippen LogP contribution in [0.25, 0.3) is 11.0 Å². The second-order valence-electron chi connectivity index (χ2n) is 6.97. The van der Waals surface area contributed by atoms with Crippen molar-refractivity contribution in [2.75, 3.05) is 18.8 Å². The summed E-state index contributed by atoms with van der Waals surface area (Å²) < 4.78 is 29.2. The van der Waals surface area contributed by atoms with E-state index >= 15 is 0 Å². The van der Waals surface area contributed by atoms with Crippen LogP contribution in [-0.2, 0) is 29.2 Å². The third-order valence-corrected chi connectivity index (χ3v) is 7.38. The van der Waals surface area contributed by atoms with E-state index in [2.05, 4.69) is 11.0 Å². The van der Waals surface area contributed by atoms with Crippen molar-refractivity contribution in [3.8, 4) is 0 Å². The molecule has 2 aromatic rings. The lowest BCUT2D eigenvalue weighted by Crippen LogP contribution is -2.45. The van der Waals surface area contributed by atoms with Crippen molar-refractivity contribution in [1.82, 2.24) is 4.90 Å². The molecule has 24 heavy (non-hydrogen) atoms. The second-order valence-corrected chi connectivity index (χ2v) is 9.51. The van der Waals surface area contributed by atoms with E-state index in [0.717, 1.165) is 30.2 Å². The number of hydrogen-bond acceptors (Lipinski definition) is 5. The van der Waals surface area contributed by atoms with Crippen molar-refractivity contribution < 1.29 is 12.8 Å². The van der Waals surface area contributed by atoms with Crippen LogP contribution < -0.4 is 5.63 Å². The highest BCUT2D eigenvalue weighted by atomic mass is 32.2. The molecule has 0 unspecified atom stereocenters. The van der Waals surface area contributed by atoms with Crippen molar-refractivity contribution in [2.45, 2.75) is 38.0 Å². The first-order valence-corrected chi connectivity index (χ1v) is 10.2. The molecule has 1 aromatic carbocycles. The SMILES string of the molecule is C[C@@H]1CN(Cc2cc(=O)oc3cc4c(cc23)CCC4)CCS1(=O)=O. The van der Waals surface area contributed by atoms with Crippen molar-refractivity contribution in [3.63, 3.8) is 0 Å². The maximum absolute atomic E-state index is 11.9. The largest absolute Gasteiger partial charge is 0.423 e. The van der Waals surface area contributed by atoms with Crippen LogP contribution in [0.5, 0.6) is 0 Å². The summed E-state index contributed by atoms with van der Waals surface area (Å²) in [6.45, 7) is 3.36. The Morgan fingerprint density at radius 3 is 2.71 bits per heavy atom. The molecule has 2 heterocycles. The van der Waals surface area contributed by atoms with Gasteiger partial charge in [-0.2, -0.15) is 0 Å². The summed E-state index contributed by atoms with van der Waals surface area (Å²) >= 11 is 0. The van der Waals surface area contributed by atoms with Crippen LogP contribution >= 0.6 is 0 Å². The maximum atomic E-state index is 11.9. The van der Waals surface area contributed by atoms with Gasteiger partial charge in [0.05, 0.1) is 11.0 Å². The summed E-state index contributed by atoms with van der Waals surface area (Å²) in [4.78, 5) is 14.1. The molecule has 0 spiro atoms. The zero-order chi connectivity index (χ0) is 16.9. The van der Waals surface area contributed by atoms with Gasteiger partial charge in [0.1, 0.15) is 5.58 Å². The Labute approximate surface area is 141 Å². The average Bonchev–Trinajstić information content (AvgIpc) is 2.96. The Bertz CT molecular complexity index is 961. The molecule has 1 fully saturated rings. The van der Waals surface area contributed by atoms with Gasteiger partial charge >= 0.3 is 5.63 Å². The third kappa shape index (κ3) is 2.78. The van der Waals surface area contributed by atoms with Gasteiger partial charge in [0.2, 0.25) is 0 Å². The molecule has 0 amide bonds. The van der Waals surface area contributed by atoms with Gasteiger partial charge in [-0.25, -0.2) is 13.2 Å². The zero-order valence-corrected chi connectivity index (χ0v) is 14.6. The predicted octanol–water partition coefficient (Wildman–Crippen LogP) is 1.90. The van der Waals surface area contributed by atoms with Crippen molar-refractivity contribution in [2.24, 2.45) is 0 Å². The maximum Gasteiger partial charge on any atom is 0.336 e. The minimum Gasteiger partial charge on any atom is -0.423 e. The van der Waals surface area contributed by atoms with Gasteiger partial charge in [-0.05, 0) is 55.0 Å². The molecule has 0 radical (unpaired) electrons. The Kier molecular flexibility index (Phi) is 3.77. The third-order valence-electron chi connectivity index (χ3n) is 5.26. The Balaban J connectivity index is 1.70. The summed E-state index contributed by atoms with van der Waals surface area (Å²) in [5, 5.41) is 0.623. The molecule has 5 nitrogen and oxygen atoms in total. The summed E-state index contributed by atoms with van der Waals surface area (Å²) in [6, 6.07) is 5.71. The van der Waals surface area contributed by atoms with Crippen molar-refractivity contribution >= 4 is 20.8 Å². The lowest BCUT2D eigenvalue weighted by atomic mass is 10.0. The molecular formula is C18H21NO4S. The molecule has 1 atom stereocenters. The van der Waals surface area contributed by atoms with Crippen molar-refractivity contribution in [1.29, 1.82) is 0 Å². The number of rotatable bonds is 2. The lowest BCUT2D eigenvalue weighted by molar-refractivity contribution is 0.270. The number of benzene rings is 1. The molecule has 1 aromatic heterocycles. The fourth-order valence-corrected chi connectivity index (χ4v) is 5.19. The summed E-state index contributed by atoms with van der Waals surface area (Å²) in [5.74, 6) is 0.183. The highest BCUT2D eigenvalue weighted by molar-refractivity contribution is 7.92. The van der Waals surface area contributed by atoms with E-state index in [-0.39, 0.29) is 16.6 Å². The molecule has 6 heteroatoms. The van der Waals surface area contributed by atoms with Crippen LogP contribution in [0.3, 0.4) is 0 Å². The van der Waals surface area contributed by atoms with E-state index < -0.39 is 9.84 Å². The quantitative estimate of drug-likeness (QED) is 0.776. The van der Waals surface area contributed by atoms with Crippen LogP contribution in [0.4, 0.5) is 0 Å². The minimum absolute atomic E-state index is 0.183. The molecule has 128 valence electrons. The van der Waals surface area contributed by atoms with Gasteiger partial charge in [-0.3, -0.25) is 4.90 Å². The first-order chi connectivity index (χ1) is 11.4. The highest BCUT2D eigenvalue weighted by Crippen LogP contribution is 2.29. The molecule has 0 saturated carbocycles. The molecule has 1 aliphatic carbocycles. The molecule has 4 rings (SSSR count). The van der Waals surface area contributed by atoms with E-state index in [4.69, 9.17) is 4.42 Å². The number of hydrogen-bond donors (Lipinski definition) is 0. The van der Waals surface area contributed by atoms with Crippen LogP contribution in [0, 0.1) is 0 Å². The van der Waals surface area contributed by atoms with Crippen LogP contribution in [0.1, 0.15) is 30.0 Å². The van der Waals surface area contributed by atoms with E-state index in [9.17, 15) is 13.2 Å². The Morgan fingerprint density at radius 1 is 1.21 bits per heavy atom. The summed E-state index contributed by atoms with van der Waals surface area (Å²) in [6.07, 6.45) is 3.26. The van der Waals surface area contributed by atoms with Gasteiger partial charge in [0.25, 0.3) is 0 Å². The van der Waals surface area contributed by atoms with Gasteiger partial charge in [-0.1, -0.05) is 0 Å². The Morgan fingerprint density at radius 2 is 1.96 bits per heavy atom. The van der Waals surface area contributed by atoms with Crippen LogP contribution in [0.2, 0.25) is 0 Å². The second kappa shape index (κ2) is 5.70. The molecule has 2 aliphatic rings. The predicted molar refractivity (Wildman–Crippen MR) is 93.0 cm³/mol. The highest BCUT2D eigenvalue weighted by Gasteiger charge is 2.29. The Hall–Kier alpha value is -1.66. The monoisotopic (exact) mass is 347 g/mol. The number of sulfone groups is 1. The average molecular weight is 347 g/mol. The first kappa shape index (κ1) is 15.8. The summed E-state index contributed by atoms with van der Waals surface area (Å²) in [7, 11) is -2.97. The normalized spacial score (nSPS) is 23.5. The topological polar surface area (TPSA) is 67.6 Å². The fraction of sp³-hybridized carbons (Fsp3) is 0.500. The minimum atomic E-state index is -2.97. The summed E-state index contributed by atoms with van der Waals surface area (Å²) in [5.41, 5.74) is 3.86. The zero-order valence-electron chi connectivity index (χ0n) is 13.7. The van der Waals surface area contributed by atoms with E-state index in [1.54, 1.807) is 13.0 Å². The van der Waals surface area contributed by atoms with Gasteiger partial charge in [0.15, 0.2) is 9.84 Å². The molecule has 0 N–H and O–H groups in total. The molecule has 0 bridgehead atoms. The van der Waals surface area contributed by atoms with Gasteiger partial charge in [-0.15, -0.1) is 0 Å². The standard InChI is InChI=1S/C18H21NO4S/c1-12-10-19(5-6-24(12,21)22)11-15-9-18(20)23-17-8-14-4-2-3-13(14)7-16(15)17/h7-9,12H,2-6,10-11H2,1H3/t12-/m1/s1. The van der Waals surface area contributed by atoms with Crippen molar-refractivity contribution in [3.05, 3.63) is 45.3 Å². The molecule has 1 aliphatic heterocycles. The van der Waals surface area contributed by atoms with E-state index in [0.29, 0.717) is 25.2 Å². The van der Waals surface area contributed by atoms with Gasteiger partial charge in [0, 0.05) is 31.1 Å². The first-order valence-electron chi connectivity index (χ1n) is 8.45. The number of aryl methyl sites for hydroxylation is 2. The molecular weight excluding hydrogens is 326 g/mol. The van der Waals surface area contributed by atoms with Gasteiger partial charge < -0.3 is 4.42 Å². The van der Waals surface area contributed by atoms with Crippen LogP contribution in [0.15, 0.2) is 27.4 Å². The smallest absolute Gasteiger partial charge is 0.336 e. The number of fused-ring (bicyclic) bond motifs is 2. The molecule has 1 saturated heterocycles. The van der Waals surface area contributed by atoms with E-state index in [1.165, 1.54) is 11.1 Å². The lowest BCUT2D eigenvalue weighted by Gasteiger charge is -2.30. The van der Waals surface area contributed by atoms with E-state index in [1.807, 2.05) is 6.07 Å².